The Kier molecular flexibility index (Phi) is 5.55. The first-order valence-electron chi connectivity index (χ1n) is 8.03. The molecule has 2 atom stereocenters. The largest absolute Gasteiger partial charge is 0.351 e. The molecule has 2 rings (SSSR count). The van der Waals surface area contributed by atoms with E-state index < -0.39 is 0 Å². The van der Waals surface area contributed by atoms with Gasteiger partial charge in [0.15, 0.2) is 12.6 Å². The lowest BCUT2D eigenvalue weighted by atomic mass is 10.2. The monoisotopic (exact) mass is 304 g/mol. The molecule has 22 heavy (non-hydrogen) atoms. The zero-order valence-electron chi connectivity index (χ0n) is 13.7. The minimum Gasteiger partial charge on any atom is -0.351 e. The number of nitrogens with zero attached hydrogens (tertiary/aromatic N) is 1. The van der Waals surface area contributed by atoms with E-state index in [1.807, 2.05) is 44.0 Å². The summed E-state index contributed by atoms with van der Waals surface area (Å²) >= 11 is 0. The number of rotatable bonds is 6. The van der Waals surface area contributed by atoms with Gasteiger partial charge >= 0.3 is 0 Å². The van der Waals surface area contributed by atoms with E-state index in [-0.39, 0.29) is 17.9 Å². The van der Waals surface area contributed by atoms with E-state index in [2.05, 4.69) is 11.4 Å². The van der Waals surface area contributed by atoms with Gasteiger partial charge in [-0.2, -0.15) is 0 Å². The van der Waals surface area contributed by atoms with Crippen LogP contribution < -0.4 is 15.1 Å². The Morgan fingerprint density at radius 2 is 2.09 bits per heavy atom. The van der Waals surface area contributed by atoms with Crippen molar-refractivity contribution in [3.63, 3.8) is 0 Å². The third kappa shape index (κ3) is 3.65. The lowest BCUT2D eigenvalue weighted by molar-refractivity contribution is -0.885. The molecule has 5 nitrogen and oxygen atoms in total. The first kappa shape index (κ1) is 16.5. The van der Waals surface area contributed by atoms with Crippen LogP contribution in [0.1, 0.15) is 25.8 Å². The number of hydrogen-bond acceptors (Lipinski definition) is 2. The molecule has 1 aromatic rings. The van der Waals surface area contributed by atoms with Gasteiger partial charge in [-0.05, 0) is 31.4 Å². The summed E-state index contributed by atoms with van der Waals surface area (Å²) in [6.07, 6.45) is 1.83. The third-order valence-corrected chi connectivity index (χ3v) is 4.27. The molecule has 1 unspecified atom stereocenters. The molecule has 0 spiro atoms. The van der Waals surface area contributed by atoms with Gasteiger partial charge in [0, 0.05) is 18.8 Å². The summed E-state index contributed by atoms with van der Waals surface area (Å²) in [4.78, 5) is 27.3. The minimum absolute atomic E-state index is 0.000761. The van der Waals surface area contributed by atoms with E-state index in [0.29, 0.717) is 13.1 Å². The SMILES string of the molecule is CCCNC(=O)C[NH+](C)[C@@H](C)C(=O)N1CCc2ccccc21. The van der Waals surface area contributed by atoms with Gasteiger partial charge < -0.3 is 15.1 Å². The van der Waals surface area contributed by atoms with Crippen LogP contribution >= 0.6 is 0 Å². The molecule has 1 aliphatic heterocycles. The summed E-state index contributed by atoms with van der Waals surface area (Å²) in [5.41, 5.74) is 2.24. The molecule has 2 amide bonds. The van der Waals surface area contributed by atoms with Gasteiger partial charge in [0.05, 0.1) is 7.05 Å². The Morgan fingerprint density at radius 1 is 1.36 bits per heavy atom. The second-order valence-corrected chi connectivity index (χ2v) is 5.96. The summed E-state index contributed by atoms with van der Waals surface area (Å²) in [7, 11) is 1.90. The van der Waals surface area contributed by atoms with E-state index in [4.69, 9.17) is 0 Å². The molecule has 1 aliphatic rings. The normalized spacial score (nSPS) is 16.0. The highest BCUT2D eigenvalue weighted by atomic mass is 16.2. The molecule has 0 radical (unpaired) electrons. The Bertz CT molecular complexity index is 544. The summed E-state index contributed by atoms with van der Waals surface area (Å²) in [5, 5.41) is 2.86. The van der Waals surface area contributed by atoms with Crippen molar-refractivity contribution in [2.24, 2.45) is 0 Å². The molecule has 1 heterocycles. The summed E-state index contributed by atoms with van der Waals surface area (Å²) in [5.74, 6) is 0.0894. The Labute approximate surface area is 132 Å². The van der Waals surface area contributed by atoms with Crippen LogP contribution in [0.4, 0.5) is 5.69 Å². The average Bonchev–Trinajstić information content (AvgIpc) is 2.95. The van der Waals surface area contributed by atoms with E-state index in [9.17, 15) is 9.59 Å². The summed E-state index contributed by atoms with van der Waals surface area (Å²) in [6, 6.07) is 7.80. The van der Waals surface area contributed by atoms with Crippen molar-refractivity contribution in [2.45, 2.75) is 32.7 Å². The topological polar surface area (TPSA) is 53.9 Å². The fraction of sp³-hybridized carbons (Fsp3) is 0.529. The molecule has 0 bridgehead atoms. The highest BCUT2D eigenvalue weighted by Crippen LogP contribution is 2.27. The maximum absolute atomic E-state index is 12.7. The quantitative estimate of drug-likeness (QED) is 0.778. The van der Waals surface area contributed by atoms with Crippen LogP contribution in [-0.2, 0) is 16.0 Å². The molecular formula is C17H26N3O2+. The zero-order valence-corrected chi connectivity index (χ0v) is 13.7. The van der Waals surface area contributed by atoms with Crippen molar-refractivity contribution in [2.75, 3.05) is 31.6 Å². The molecule has 0 saturated carbocycles. The van der Waals surface area contributed by atoms with Crippen molar-refractivity contribution >= 4 is 17.5 Å². The van der Waals surface area contributed by atoms with E-state index in [1.54, 1.807) is 0 Å². The van der Waals surface area contributed by atoms with E-state index >= 15 is 0 Å². The van der Waals surface area contributed by atoms with E-state index in [1.165, 1.54) is 5.56 Å². The van der Waals surface area contributed by atoms with Gasteiger partial charge in [-0.1, -0.05) is 25.1 Å². The van der Waals surface area contributed by atoms with Gasteiger partial charge in [-0.15, -0.1) is 0 Å². The first-order chi connectivity index (χ1) is 10.5. The van der Waals surface area contributed by atoms with Crippen LogP contribution in [0.3, 0.4) is 0 Å². The van der Waals surface area contributed by atoms with Gasteiger partial charge in [0.2, 0.25) is 0 Å². The van der Waals surface area contributed by atoms with Crippen molar-refractivity contribution < 1.29 is 14.5 Å². The molecule has 5 heteroatoms. The standard InChI is InChI=1S/C17H25N3O2/c1-4-10-18-16(21)12-19(3)13(2)17(22)20-11-9-14-7-5-6-8-15(14)20/h5-8,13H,4,9-12H2,1-3H3,(H,18,21)/p+1/t13-/m0/s1. The van der Waals surface area contributed by atoms with Crippen molar-refractivity contribution in [1.29, 1.82) is 0 Å². The average molecular weight is 304 g/mol. The Balaban J connectivity index is 1.96. The lowest BCUT2D eigenvalue weighted by Gasteiger charge is -2.25. The van der Waals surface area contributed by atoms with Crippen molar-refractivity contribution in [3.8, 4) is 0 Å². The van der Waals surface area contributed by atoms with Gasteiger partial charge in [-0.25, -0.2) is 0 Å². The molecule has 120 valence electrons. The Morgan fingerprint density at radius 3 is 2.82 bits per heavy atom. The first-order valence-corrected chi connectivity index (χ1v) is 8.03. The molecule has 1 aromatic carbocycles. The number of benzene rings is 1. The Hall–Kier alpha value is -1.88. The fourth-order valence-electron chi connectivity index (χ4n) is 2.74. The predicted molar refractivity (Wildman–Crippen MR) is 87.0 cm³/mol. The number of hydrogen-bond donors (Lipinski definition) is 2. The van der Waals surface area contributed by atoms with Gasteiger partial charge in [0.25, 0.3) is 11.8 Å². The van der Waals surface area contributed by atoms with Crippen LogP contribution in [0.25, 0.3) is 0 Å². The molecule has 0 aliphatic carbocycles. The van der Waals surface area contributed by atoms with Crippen LogP contribution in [0.2, 0.25) is 0 Å². The lowest BCUT2D eigenvalue weighted by Crippen LogP contribution is -3.15. The van der Waals surface area contributed by atoms with Crippen LogP contribution in [0.5, 0.6) is 0 Å². The highest BCUT2D eigenvalue weighted by Gasteiger charge is 2.32. The van der Waals surface area contributed by atoms with Crippen LogP contribution in [-0.4, -0.2) is 44.5 Å². The number of carbonyl (C=O) groups excluding carboxylic acids is 2. The molecular weight excluding hydrogens is 278 g/mol. The number of fused-ring (bicyclic) bond motifs is 1. The smallest absolute Gasteiger partial charge is 0.284 e. The number of anilines is 1. The molecule has 0 saturated heterocycles. The highest BCUT2D eigenvalue weighted by molar-refractivity contribution is 5.98. The number of para-hydroxylation sites is 1. The van der Waals surface area contributed by atoms with Crippen molar-refractivity contribution in [1.82, 2.24) is 5.32 Å². The zero-order chi connectivity index (χ0) is 16.1. The maximum Gasteiger partial charge on any atom is 0.284 e. The molecule has 0 aromatic heterocycles. The van der Waals surface area contributed by atoms with Crippen molar-refractivity contribution in [3.05, 3.63) is 29.8 Å². The summed E-state index contributed by atoms with van der Waals surface area (Å²) < 4.78 is 0. The number of likely N-dealkylation sites (N-methyl/N-ethyl adjacent to an activating group) is 1. The predicted octanol–water partition coefficient (Wildman–Crippen LogP) is 0.00510. The maximum atomic E-state index is 12.7. The van der Waals surface area contributed by atoms with Crippen LogP contribution in [0.15, 0.2) is 24.3 Å². The number of carbonyl (C=O) groups is 2. The third-order valence-electron chi connectivity index (χ3n) is 4.27. The van der Waals surface area contributed by atoms with E-state index in [0.717, 1.165) is 30.0 Å². The number of amides is 2. The second kappa shape index (κ2) is 7.40. The number of quaternary nitrogens is 1. The molecule has 2 N–H and O–H groups in total. The second-order valence-electron chi connectivity index (χ2n) is 5.96. The van der Waals surface area contributed by atoms with Crippen LogP contribution in [0, 0.1) is 0 Å². The van der Waals surface area contributed by atoms with Gasteiger partial charge in [-0.3, -0.25) is 9.59 Å². The minimum atomic E-state index is -0.237. The van der Waals surface area contributed by atoms with Gasteiger partial charge in [0.1, 0.15) is 0 Å². The fourth-order valence-corrected chi connectivity index (χ4v) is 2.74. The molecule has 0 fully saturated rings. The number of nitrogens with one attached hydrogen (secondary N) is 2. The summed E-state index contributed by atoms with van der Waals surface area (Å²) in [6.45, 7) is 5.66.